The fourth-order valence-electron chi connectivity index (χ4n) is 3.90. The third-order valence-corrected chi connectivity index (χ3v) is 6.85. The van der Waals surface area contributed by atoms with Gasteiger partial charge in [0.2, 0.25) is 21.8 Å². The molecule has 3 aromatic rings. The second-order valence-electron chi connectivity index (χ2n) is 8.43. The molecule has 2 amide bonds. The molecule has 0 saturated carbocycles. The van der Waals surface area contributed by atoms with Crippen molar-refractivity contribution in [3.63, 3.8) is 0 Å². The summed E-state index contributed by atoms with van der Waals surface area (Å²) in [7, 11) is -4.09. The van der Waals surface area contributed by atoms with E-state index in [0.29, 0.717) is 4.31 Å². The Morgan fingerprint density at radius 1 is 0.892 bits per heavy atom. The minimum Gasteiger partial charge on any atom is -0.355 e. The molecule has 1 atom stereocenters. The van der Waals surface area contributed by atoms with E-state index in [2.05, 4.69) is 5.32 Å². The highest BCUT2D eigenvalue weighted by atomic mass is 32.2. The normalized spacial score (nSPS) is 12.0. The Bertz CT molecular complexity index is 1340. The highest BCUT2D eigenvalue weighted by Gasteiger charge is 2.33. The van der Waals surface area contributed by atoms with Crippen LogP contribution in [0.1, 0.15) is 18.1 Å². The van der Waals surface area contributed by atoms with Gasteiger partial charge in [-0.2, -0.15) is 0 Å². The second kappa shape index (κ2) is 12.4. The summed E-state index contributed by atoms with van der Waals surface area (Å²) in [5.74, 6) is -2.67. The molecule has 0 heterocycles. The summed E-state index contributed by atoms with van der Waals surface area (Å²) in [5.41, 5.74) is 0.593. The van der Waals surface area contributed by atoms with Crippen molar-refractivity contribution >= 4 is 27.5 Å². The van der Waals surface area contributed by atoms with Crippen molar-refractivity contribution in [2.75, 3.05) is 23.7 Å². The first-order valence-electron chi connectivity index (χ1n) is 11.7. The summed E-state index contributed by atoms with van der Waals surface area (Å²) in [6.45, 7) is 0.939. The Morgan fingerprint density at radius 2 is 1.49 bits per heavy atom. The van der Waals surface area contributed by atoms with Crippen LogP contribution in [0.25, 0.3) is 0 Å². The number of likely N-dealkylation sites (N-methyl/N-ethyl adjacent to an activating group) is 1. The fraction of sp³-hybridized carbons (Fsp3) is 0.259. The molecule has 0 bridgehead atoms. The lowest BCUT2D eigenvalue weighted by Crippen LogP contribution is -2.53. The average molecular weight is 530 g/mol. The monoisotopic (exact) mass is 529 g/mol. The number of para-hydroxylation sites is 1. The van der Waals surface area contributed by atoms with Gasteiger partial charge in [0.25, 0.3) is 0 Å². The van der Waals surface area contributed by atoms with Crippen LogP contribution in [-0.4, -0.2) is 50.5 Å². The second-order valence-corrected chi connectivity index (χ2v) is 10.3. The predicted molar refractivity (Wildman–Crippen MR) is 138 cm³/mol. The number of carbonyl (C=O) groups excluding carboxylic acids is 2. The van der Waals surface area contributed by atoms with Gasteiger partial charge in [-0.05, 0) is 30.7 Å². The average Bonchev–Trinajstić information content (AvgIpc) is 2.86. The zero-order chi connectivity index (χ0) is 27.0. The Balaban J connectivity index is 2.06. The van der Waals surface area contributed by atoms with E-state index in [4.69, 9.17) is 0 Å². The van der Waals surface area contributed by atoms with Crippen LogP contribution in [0.4, 0.5) is 14.5 Å². The van der Waals surface area contributed by atoms with Gasteiger partial charge in [-0.25, -0.2) is 17.2 Å². The van der Waals surface area contributed by atoms with E-state index < -0.39 is 46.1 Å². The molecule has 196 valence electrons. The van der Waals surface area contributed by atoms with Gasteiger partial charge in [-0.3, -0.25) is 13.9 Å². The number of nitrogens with one attached hydrogen (secondary N) is 1. The maximum atomic E-state index is 14.6. The summed E-state index contributed by atoms with van der Waals surface area (Å²) in [6.07, 6.45) is 0.963. The molecule has 0 aromatic heterocycles. The van der Waals surface area contributed by atoms with E-state index in [9.17, 15) is 26.8 Å². The SMILES string of the molecule is CCNC(=O)[C@@H](Cc1ccccc1)N(Cc1ccccc1F)C(=O)CN(c1ccccc1F)S(C)(=O)=O. The van der Waals surface area contributed by atoms with Gasteiger partial charge in [-0.15, -0.1) is 0 Å². The third-order valence-electron chi connectivity index (χ3n) is 5.72. The summed E-state index contributed by atoms with van der Waals surface area (Å²) in [5, 5.41) is 2.71. The number of halogens is 2. The lowest BCUT2D eigenvalue weighted by atomic mass is 10.0. The van der Waals surface area contributed by atoms with Crippen LogP contribution in [0.2, 0.25) is 0 Å². The Hall–Kier alpha value is -3.79. The number of sulfonamides is 1. The van der Waals surface area contributed by atoms with E-state index in [1.54, 1.807) is 37.3 Å². The smallest absolute Gasteiger partial charge is 0.244 e. The number of nitrogens with zero attached hydrogens (tertiary/aromatic N) is 2. The third kappa shape index (κ3) is 7.36. The Morgan fingerprint density at radius 3 is 2.08 bits per heavy atom. The summed E-state index contributed by atoms with van der Waals surface area (Å²) in [4.78, 5) is 28.1. The van der Waals surface area contributed by atoms with Crippen LogP contribution < -0.4 is 9.62 Å². The summed E-state index contributed by atoms with van der Waals surface area (Å²) < 4.78 is 55.0. The number of rotatable bonds is 11. The molecular formula is C27H29F2N3O4S. The topological polar surface area (TPSA) is 86.8 Å². The number of anilines is 1. The van der Waals surface area contributed by atoms with E-state index in [0.717, 1.165) is 22.8 Å². The zero-order valence-electron chi connectivity index (χ0n) is 20.6. The van der Waals surface area contributed by atoms with Crippen LogP contribution in [0.3, 0.4) is 0 Å². The molecule has 0 aliphatic rings. The molecule has 3 rings (SSSR count). The quantitative estimate of drug-likeness (QED) is 0.412. The molecule has 7 nitrogen and oxygen atoms in total. The van der Waals surface area contributed by atoms with Gasteiger partial charge >= 0.3 is 0 Å². The number of hydrogen-bond acceptors (Lipinski definition) is 4. The minimum atomic E-state index is -4.09. The number of carbonyl (C=O) groups is 2. The fourth-order valence-corrected chi connectivity index (χ4v) is 4.76. The van der Waals surface area contributed by atoms with Crippen LogP contribution in [0, 0.1) is 11.6 Å². The summed E-state index contributed by atoms with van der Waals surface area (Å²) in [6, 6.07) is 18.9. The molecule has 3 aromatic carbocycles. The molecule has 0 aliphatic heterocycles. The maximum absolute atomic E-state index is 14.6. The molecule has 0 spiro atoms. The van der Waals surface area contributed by atoms with E-state index in [1.165, 1.54) is 36.4 Å². The van der Waals surface area contributed by atoms with Crippen LogP contribution in [0.15, 0.2) is 78.9 Å². The highest BCUT2D eigenvalue weighted by molar-refractivity contribution is 7.92. The number of benzene rings is 3. The van der Waals surface area contributed by atoms with Crippen molar-refractivity contribution in [1.82, 2.24) is 10.2 Å². The standard InChI is InChI=1S/C27H29F2N3O4S/c1-3-30-27(34)25(17-20-11-5-4-6-12-20)31(18-21-13-7-8-14-22(21)28)26(33)19-32(37(2,35)36)24-16-10-9-15-23(24)29/h4-16,25H,3,17-19H2,1-2H3,(H,30,34)/t25-/m1/s1. The van der Waals surface area contributed by atoms with Crippen molar-refractivity contribution in [1.29, 1.82) is 0 Å². The molecule has 1 N–H and O–H groups in total. The van der Waals surface area contributed by atoms with E-state index in [-0.39, 0.29) is 30.8 Å². The van der Waals surface area contributed by atoms with Crippen LogP contribution in [-0.2, 0) is 32.6 Å². The molecule has 37 heavy (non-hydrogen) atoms. The van der Waals surface area contributed by atoms with Gasteiger partial charge in [-0.1, -0.05) is 60.7 Å². The lowest BCUT2D eigenvalue weighted by Gasteiger charge is -2.33. The van der Waals surface area contributed by atoms with Gasteiger partial charge in [0.15, 0.2) is 0 Å². The van der Waals surface area contributed by atoms with Crippen molar-refractivity contribution in [3.05, 3.63) is 102 Å². The van der Waals surface area contributed by atoms with Crippen LogP contribution in [0.5, 0.6) is 0 Å². The number of hydrogen-bond donors (Lipinski definition) is 1. The van der Waals surface area contributed by atoms with Crippen LogP contribution >= 0.6 is 0 Å². The van der Waals surface area contributed by atoms with Gasteiger partial charge in [0.05, 0.1) is 11.9 Å². The molecular weight excluding hydrogens is 500 g/mol. The first kappa shape index (κ1) is 27.8. The Labute approximate surface area is 215 Å². The van der Waals surface area contributed by atoms with Crippen molar-refractivity contribution in [3.8, 4) is 0 Å². The predicted octanol–water partition coefficient (Wildman–Crippen LogP) is 3.51. The lowest BCUT2D eigenvalue weighted by molar-refractivity contribution is -0.140. The van der Waals surface area contributed by atoms with Gasteiger partial charge in [0, 0.05) is 25.1 Å². The Kier molecular flexibility index (Phi) is 9.35. The summed E-state index contributed by atoms with van der Waals surface area (Å²) >= 11 is 0. The van der Waals surface area contributed by atoms with Crippen molar-refractivity contribution in [2.45, 2.75) is 25.9 Å². The molecule has 0 unspecified atom stereocenters. The zero-order valence-corrected chi connectivity index (χ0v) is 21.4. The maximum Gasteiger partial charge on any atom is 0.244 e. The van der Waals surface area contributed by atoms with Gasteiger partial charge in [0.1, 0.15) is 24.2 Å². The number of amides is 2. The highest BCUT2D eigenvalue weighted by Crippen LogP contribution is 2.23. The minimum absolute atomic E-state index is 0.103. The molecule has 0 aliphatic carbocycles. The molecule has 10 heteroatoms. The first-order valence-corrected chi connectivity index (χ1v) is 13.5. The largest absolute Gasteiger partial charge is 0.355 e. The van der Waals surface area contributed by atoms with E-state index >= 15 is 0 Å². The molecule has 0 radical (unpaired) electrons. The van der Waals surface area contributed by atoms with Crippen molar-refractivity contribution in [2.24, 2.45) is 0 Å². The molecule has 0 saturated heterocycles. The van der Waals surface area contributed by atoms with Crippen molar-refractivity contribution < 1.29 is 26.8 Å². The molecule has 0 fully saturated rings. The first-order chi connectivity index (χ1) is 17.6. The van der Waals surface area contributed by atoms with E-state index in [1.807, 2.05) is 6.07 Å². The van der Waals surface area contributed by atoms with Gasteiger partial charge < -0.3 is 10.2 Å².